The molecule has 0 aliphatic rings. The van der Waals surface area contributed by atoms with E-state index in [4.69, 9.17) is 11.2 Å². The highest BCUT2D eigenvalue weighted by molar-refractivity contribution is 5.04. The molecule has 0 aromatic rings. The van der Waals surface area contributed by atoms with Crippen LogP contribution in [0.3, 0.4) is 0 Å². The summed E-state index contributed by atoms with van der Waals surface area (Å²) in [5, 5.41) is 0. The minimum absolute atomic E-state index is 0.0604. The molecular formula is C11H15F3O. The van der Waals surface area contributed by atoms with Crippen molar-refractivity contribution in [3.05, 3.63) is 12.3 Å². The van der Waals surface area contributed by atoms with Crippen LogP contribution >= 0.6 is 0 Å². The zero-order chi connectivity index (χ0) is 12.3. The molecule has 0 saturated carbocycles. The Bertz CT molecular complexity index is 271. The standard InChI is InChI=1S/C11H15F3O/c1-6-7-15-9(3)10(4,5)8(2)11(12,13)14/h1,8H,3,7H2,2,4-5H3/t8-/m1/s1. The van der Waals surface area contributed by atoms with Crippen LogP contribution in [0.25, 0.3) is 0 Å². The third-order valence-corrected chi connectivity index (χ3v) is 2.62. The fourth-order valence-electron chi connectivity index (χ4n) is 0.965. The van der Waals surface area contributed by atoms with E-state index in [1.807, 2.05) is 0 Å². The second-order valence-corrected chi connectivity index (χ2v) is 3.90. The molecule has 0 rings (SSSR count). The van der Waals surface area contributed by atoms with Crippen LogP contribution in [0.2, 0.25) is 0 Å². The molecule has 0 aliphatic heterocycles. The van der Waals surface area contributed by atoms with Gasteiger partial charge in [-0.05, 0) is 0 Å². The van der Waals surface area contributed by atoms with Crippen molar-refractivity contribution in [1.29, 1.82) is 0 Å². The Balaban J connectivity index is 4.68. The van der Waals surface area contributed by atoms with Crippen molar-refractivity contribution >= 4 is 0 Å². The molecule has 0 saturated heterocycles. The fraction of sp³-hybridized carbons (Fsp3) is 0.636. The molecule has 0 spiro atoms. The number of hydrogen-bond donors (Lipinski definition) is 0. The zero-order valence-electron chi connectivity index (χ0n) is 9.11. The van der Waals surface area contributed by atoms with Gasteiger partial charge in [0.2, 0.25) is 0 Å². The number of hydrogen-bond acceptors (Lipinski definition) is 1. The Kier molecular flexibility index (Phi) is 4.27. The highest BCUT2D eigenvalue weighted by atomic mass is 19.4. The lowest BCUT2D eigenvalue weighted by molar-refractivity contribution is -0.196. The normalized spacial score (nSPS) is 14.2. The molecule has 1 nitrogen and oxygen atoms in total. The predicted octanol–water partition coefficient (Wildman–Crippen LogP) is 3.37. The van der Waals surface area contributed by atoms with Crippen LogP contribution < -0.4 is 0 Å². The summed E-state index contributed by atoms with van der Waals surface area (Å²) in [6.45, 7) is 7.39. The first-order chi connectivity index (χ1) is 6.64. The first kappa shape index (κ1) is 13.9. The second kappa shape index (κ2) is 4.61. The summed E-state index contributed by atoms with van der Waals surface area (Å²) in [5.41, 5.74) is -1.19. The lowest BCUT2D eigenvalue weighted by Crippen LogP contribution is -2.36. The van der Waals surface area contributed by atoms with Gasteiger partial charge in [-0.25, -0.2) is 0 Å². The zero-order valence-corrected chi connectivity index (χ0v) is 9.11. The highest BCUT2D eigenvalue weighted by Crippen LogP contribution is 2.43. The van der Waals surface area contributed by atoms with Gasteiger partial charge in [0.25, 0.3) is 0 Å². The molecule has 0 amide bonds. The maximum atomic E-state index is 12.5. The summed E-state index contributed by atoms with van der Waals surface area (Å²) >= 11 is 0. The summed E-state index contributed by atoms with van der Waals surface area (Å²) in [4.78, 5) is 0. The number of terminal acetylenes is 1. The quantitative estimate of drug-likeness (QED) is 0.521. The molecule has 0 unspecified atom stereocenters. The molecule has 0 N–H and O–H groups in total. The van der Waals surface area contributed by atoms with E-state index in [1.165, 1.54) is 13.8 Å². The largest absolute Gasteiger partial charge is 0.485 e. The molecule has 0 radical (unpaired) electrons. The van der Waals surface area contributed by atoms with E-state index in [0.717, 1.165) is 6.92 Å². The van der Waals surface area contributed by atoms with Crippen molar-refractivity contribution in [3.63, 3.8) is 0 Å². The lowest BCUT2D eigenvalue weighted by atomic mass is 9.78. The van der Waals surface area contributed by atoms with Gasteiger partial charge in [0, 0.05) is 5.41 Å². The minimum atomic E-state index is -4.27. The summed E-state index contributed by atoms with van der Waals surface area (Å²) < 4.78 is 42.4. The first-order valence-corrected chi connectivity index (χ1v) is 4.46. The topological polar surface area (TPSA) is 9.23 Å². The van der Waals surface area contributed by atoms with Gasteiger partial charge >= 0.3 is 6.18 Å². The van der Waals surface area contributed by atoms with E-state index in [2.05, 4.69) is 12.5 Å². The van der Waals surface area contributed by atoms with E-state index in [-0.39, 0.29) is 12.4 Å². The minimum Gasteiger partial charge on any atom is -0.485 e. The SMILES string of the molecule is C#CCOC(=C)C(C)(C)[C@@H](C)C(F)(F)F. The lowest BCUT2D eigenvalue weighted by Gasteiger charge is -2.34. The number of ether oxygens (including phenoxy) is 1. The van der Waals surface area contributed by atoms with Crippen LogP contribution in [-0.2, 0) is 4.74 Å². The smallest absolute Gasteiger partial charge is 0.392 e. The van der Waals surface area contributed by atoms with Crippen LogP contribution in [-0.4, -0.2) is 12.8 Å². The maximum Gasteiger partial charge on any atom is 0.392 e. The number of allylic oxidation sites excluding steroid dienone is 1. The third-order valence-electron chi connectivity index (χ3n) is 2.62. The monoisotopic (exact) mass is 220 g/mol. The van der Waals surface area contributed by atoms with E-state index in [0.29, 0.717) is 0 Å². The Morgan fingerprint density at radius 3 is 2.27 bits per heavy atom. The molecule has 4 heteroatoms. The van der Waals surface area contributed by atoms with Gasteiger partial charge in [-0.1, -0.05) is 33.3 Å². The Hall–Kier alpha value is -1.11. The van der Waals surface area contributed by atoms with Crippen molar-refractivity contribution in [2.75, 3.05) is 6.61 Å². The molecular weight excluding hydrogens is 205 g/mol. The van der Waals surface area contributed by atoms with Crippen LogP contribution in [0, 0.1) is 23.7 Å². The van der Waals surface area contributed by atoms with Gasteiger partial charge in [-0.15, -0.1) is 6.42 Å². The summed E-state index contributed by atoms with van der Waals surface area (Å²) in [7, 11) is 0. The van der Waals surface area contributed by atoms with Gasteiger partial charge in [-0.3, -0.25) is 0 Å². The molecule has 0 fully saturated rings. The molecule has 86 valence electrons. The third kappa shape index (κ3) is 3.50. The Morgan fingerprint density at radius 2 is 1.93 bits per heavy atom. The molecule has 0 aromatic heterocycles. The van der Waals surface area contributed by atoms with E-state index in [9.17, 15) is 13.2 Å². The summed E-state index contributed by atoms with van der Waals surface area (Å²) in [5.74, 6) is 0.712. The van der Waals surface area contributed by atoms with Crippen LogP contribution in [0.4, 0.5) is 13.2 Å². The molecule has 1 atom stereocenters. The molecule has 15 heavy (non-hydrogen) atoms. The van der Waals surface area contributed by atoms with Crippen molar-refractivity contribution in [3.8, 4) is 12.3 Å². The number of halogens is 3. The van der Waals surface area contributed by atoms with Crippen molar-refractivity contribution in [1.82, 2.24) is 0 Å². The van der Waals surface area contributed by atoms with Gasteiger partial charge < -0.3 is 4.74 Å². The number of rotatable bonds is 4. The van der Waals surface area contributed by atoms with Gasteiger partial charge in [0.05, 0.1) is 11.7 Å². The molecule has 0 aromatic carbocycles. The average molecular weight is 220 g/mol. The first-order valence-electron chi connectivity index (χ1n) is 4.46. The van der Waals surface area contributed by atoms with Gasteiger partial charge in [-0.2, -0.15) is 13.2 Å². The van der Waals surface area contributed by atoms with Gasteiger partial charge in [0.15, 0.2) is 0 Å². The predicted molar refractivity (Wildman–Crippen MR) is 52.9 cm³/mol. The van der Waals surface area contributed by atoms with Gasteiger partial charge in [0.1, 0.15) is 6.61 Å². The maximum absolute atomic E-state index is 12.5. The van der Waals surface area contributed by atoms with Crippen molar-refractivity contribution in [2.45, 2.75) is 26.9 Å². The van der Waals surface area contributed by atoms with Crippen LogP contribution in [0.5, 0.6) is 0 Å². The molecule has 0 heterocycles. The van der Waals surface area contributed by atoms with Crippen molar-refractivity contribution in [2.24, 2.45) is 11.3 Å². The Labute approximate surface area is 88.3 Å². The molecule has 0 bridgehead atoms. The van der Waals surface area contributed by atoms with Crippen LogP contribution in [0.15, 0.2) is 12.3 Å². The van der Waals surface area contributed by atoms with E-state index >= 15 is 0 Å². The average Bonchev–Trinajstić information content (AvgIpc) is 2.11. The van der Waals surface area contributed by atoms with Crippen molar-refractivity contribution < 1.29 is 17.9 Å². The molecule has 0 aliphatic carbocycles. The Morgan fingerprint density at radius 1 is 1.47 bits per heavy atom. The van der Waals surface area contributed by atoms with E-state index < -0.39 is 17.5 Å². The second-order valence-electron chi connectivity index (χ2n) is 3.90. The highest BCUT2D eigenvalue weighted by Gasteiger charge is 2.47. The number of alkyl halides is 3. The summed E-state index contributed by atoms with van der Waals surface area (Å²) in [6, 6.07) is 0. The summed E-state index contributed by atoms with van der Waals surface area (Å²) in [6.07, 6.45) is 0.672. The van der Waals surface area contributed by atoms with E-state index in [1.54, 1.807) is 0 Å². The fourth-order valence-corrected chi connectivity index (χ4v) is 0.965. The van der Waals surface area contributed by atoms with Crippen LogP contribution in [0.1, 0.15) is 20.8 Å².